The van der Waals surface area contributed by atoms with Crippen molar-refractivity contribution in [3.63, 3.8) is 0 Å². The second kappa shape index (κ2) is 6.70. The van der Waals surface area contributed by atoms with Crippen LogP contribution in [0.4, 0.5) is 0 Å². The van der Waals surface area contributed by atoms with Crippen LogP contribution in [0, 0.1) is 5.92 Å². The first kappa shape index (κ1) is 14.8. The zero-order valence-electron chi connectivity index (χ0n) is 11.7. The largest absolute Gasteiger partial charge is 0.497 e. The number of carbonyl (C=O) groups excluding carboxylic acids is 1. The fourth-order valence-electron chi connectivity index (χ4n) is 2.47. The van der Waals surface area contributed by atoms with Crippen LogP contribution < -0.4 is 10.5 Å². The van der Waals surface area contributed by atoms with Crippen molar-refractivity contribution in [3.05, 3.63) is 29.8 Å². The van der Waals surface area contributed by atoms with Crippen molar-refractivity contribution in [3.8, 4) is 5.75 Å². The molecule has 1 fully saturated rings. The Morgan fingerprint density at radius 1 is 1.45 bits per heavy atom. The molecule has 0 radical (unpaired) electrons. The Kier molecular flexibility index (Phi) is 4.95. The number of nitrogens with zero attached hydrogens (tertiary/aromatic N) is 1. The minimum Gasteiger partial charge on any atom is -0.497 e. The van der Waals surface area contributed by atoms with Crippen LogP contribution in [0.2, 0.25) is 0 Å². The molecule has 0 aromatic heterocycles. The smallest absolute Gasteiger partial charge is 0.227 e. The van der Waals surface area contributed by atoms with E-state index in [1.165, 1.54) is 0 Å². The third kappa shape index (κ3) is 3.70. The standard InChI is InChI=1S/C15H20N2O2S/c1-19-13-6-4-11(5-7-13)9-14(18)17-8-2-3-12(10-17)15(16)20/h4-7,12H,2-3,8-10H2,1H3,(H2,16,20). The van der Waals surface area contributed by atoms with Gasteiger partial charge in [-0.3, -0.25) is 4.79 Å². The number of thiocarbonyl (C=S) groups is 1. The summed E-state index contributed by atoms with van der Waals surface area (Å²) >= 11 is 5.04. The fraction of sp³-hybridized carbons (Fsp3) is 0.467. The average molecular weight is 292 g/mol. The molecule has 2 N–H and O–H groups in total. The fourth-order valence-corrected chi connectivity index (χ4v) is 2.66. The van der Waals surface area contributed by atoms with Gasteiger partial charge >= 0.3 is 0 Å². The molecule has 0 bridgehead atoms. The molecule has 20 heavy (non-hydrogen) atoms. The molecule has 1 aromatic carbocycles. The van der Waals surface area contributed by atoms with Crippen molar-refractivity contribution in [1.82, 2.24) is 4.90 Å². The van der Waals surface area contributed by atoms with E-state index >= 15 is 0 Å². The second-order valence-corrected chi connectivity index (χ2v) is 5.58. The van der Waals surface area contributed by atoms with Gasteiger partial charge in [0.25, 0.3) is 0 Å². The summed E-state index contributed by atoms with van der Waals surface area (Å²) in [6.07, 6.45) is 2.37. The molecule has 1 heterocycles. The van der Waals surface area contributed by atoms with Crippen molar-refractivity contribution in [2.24, 2.45) is 11.7 Å². The molecule has 1 unspecified atom stereocenters. The van der Waals surface area contributed by atoms with Gasteiger partial charge in [0, 0.05) is 19.0 Å². The third-order valence-electron chi connectivity index (χ3n) is 3.69. The predicted octanol–water partition coefficient (Wildman–Crippen LogP) is 1.76. The summed E-state index contributed by atoms with van der Waals surface area (Å²) in [6, 6.07) is 7.59. The zero-order chi connectivity index (χ0) is 14.5. The number of likely N-dealkylation sites (tertiary alicyclic amines) is 1. The summed E-state index contributed by atoms with van der Waals surface area (Å²) in [5, 5.41) is 0. The van der Waals surface area contributed by atoms with Crippen LogP contribution >= 0.6 is 12.2 Å². The number of ether oxygens (including phenoxy) is 1. The molecule has 0 spiro atoms. The van der Waals surface area contributed by atoms with Crippen LogP contribution in [0.25, 0.3) is 0 Å². The molecule has 4 nitrogen and oxygen atoms in total. The van der Waals surface area contributed by atoms with Crippen molar-refractivity contribution in [2.75, 3.05) is 20.2 Å². The van der Waals surface area contributed by atoms with E-state index in [-0.39, 0.29) is 11.8 Å². The van der Waals surface area contributed by atoms with Crippen molar-refractivity contribution in [2.45, 2.75) is 19.3 Å². The van der Waals surface area contributed by atoms with E-state index in [9.17, 15) is 4.79 Å². The highest BCUT2D eigenvalue weighted by atomic mass is 32.1. The molecule has 2 rings (SSSR count). The van der Waals surface area contributed by atoms with Crippen LogP contribution in [0.15, 0.2) is 24.3 Å². The summed E-state index contributed by atoms with van der Waals surface area (Å²) in [7, 11) is 1.63. The molecule has 1 saturated heterocycles. The van der Waals surface area contributed by atoms with E-state index in [4.69, 9.17) is 22.7 Å². The van der Waals surface area contributed by atoms with Gasteiger partial charge in [-0.2, -0.15) is 0 Å². The van der Waals surface area contributed by atoms with E-state index in [0.717, 1.165) is 30.7 Å². The van der Waals surface area contributed by atoms with E-state index in [1.54, 1.807) is 7.11 Å². The van der Waals surface area contributed by atoms with Crippen molar-refractivity contribution >= 4 is 23.1 Å². The molecule has 1 aromatic rings. The highest BCUT2D eigenvalue weighted by Gasteiger charge is 2.25. The molecular weight excluding hydrogens is 272 g/mol. The Labute approximate surface area is 124 Å². The van der Waals surface area contributed by atoms with Crippen LogP contribution in [0.3, 0.4) is 0 Å². The van der Waals surface area contributed by atoms with Gasteiger partial charge in [0.15, 0.2) is 0 Å². The summed E-state index contributed by atoms with van der Waals surface area (Å²) in [5.41, 5.74) is 6.69. The second-order valence-electron chi connectivity index (χ2n) is 5.11. The minimum atomic E-state index is 0.135. The monoisotopic (exact) mass is 292 g/mol. The van der Waals surface area contributed by atoms with E-state index in [1.807, 2.05) is 29.2 Å². The Bertz CT molecular complexity index is 487. The molecule has 0 aliphatic carbocycles. The van der Waals surface area contributed by atoms with Gasteiger partial charge < -0.3 is 15.4 Å². The van der Waals surface area contributed by atoms with E-state index < -0.39 is 0 Å². The molecular formula is C15H20N2O2S. The first-order valence-electron chi connectivity index (χ1n) is 6.80. The van der Waals surface area contributed by atoms with Crippen LogP contribution in [-0.4, -0.2) is 36.0 Å². The molecule has 5 heteroatoms. The number of nitrogens with two attached hydrogens (primary N) is 1. The lowest BCUT2D eigenvalue weighted by atomic mass is 9.97. The third-order valence-corrected chi connectivity index (χ3v) is 4.02. The Hall–Kier alpha value is -1.62. The van der Waals surface area contributed by atoms with E-state index in [2.05, 4.69) is 0 Å². The maximum Gasteiger partial charge on any atom is 0.227 e. The molecule has 1 atom stereocenters. The SMILES string of the molecule is COc1ccc(CC(=O)N2CCCC(C(N)=S)C2)cc1. The van der Waals surface area contributed by atoms with Crippen LogP contribution in [0.5, 0.6) is 5.75 Å². The summed E-state index contributed by atoms with van der Waals surface area (Å²) in [4.78, 5) is 14.7. The number of benzene rings is 1. The van der Waals surface area contributed by atoms with Gasteiger partial charge in [-0.15, -0.1) is 0 Å². The molecule has 1 aliphatic rings. The summed E-state index contributed by atoms with van der Waals surface area (Å²) in [5.74, 6) is 1.10. The number of carbonyl (C=O) groups is 1. The quantitative estimate of drug-likeness (QED) is 0.859. The lowest BCUT2D eigenvalue weighted by Crippen LogP contribution is -2.44. The summed E-state index contributed by atoms with van der Waals surface area (Å²) < 4.78 is 5.11. The maximum absolute atomic E-state index is 12.3. The Balaban J connectivity index is 1.95. The van der Waals surface area contributed by atoms with Gasteiger partial charge in [-0.1, -0.05) is 24.4 Å². The number of hydrogen-bond donors (Lipinski definition) is 1. The number of methoxy groups -OCH3 is 1. The number of hydrogen-bond acceptors (Lipinski definition) is 3. The molecule has 1 aliphatic heterocycles. The molecule has 1 amide bonds. The lowest BCUT2D eigenvalue weighted by molar-refractivity contribution is -0.131. The van der Waals surface area contributed by atoms with Crippen LogP contribution in [0.1, 0.15) is 18.4 Å². The summed E-state index contributed by atoms with van der Waals surface area (Å²) in [6.45, 7) is 1.46. The highest BCUT2D eigenvalue weighted by molar-refractivity contribution is 7.80. The molecule has 0 saturated carbocycles. The molecule has 108 valence electrons. The first-order chi connectivity index (χ1) is 9.60. The Morgan fingerprint density at radius 3 is 2.75 bits per heavy atom. The zero-order valence-corrected chi connectivity index (χ0v) is 12.5. The highest BCUT2D eigenvalue weighted by Crippen LogP contribution is 2.18. The predicted molar refractivity (Wildman–Crippen MR) is 82.8 cm³/mol. The van der Waals surface area contributed by atoms with Gasteiger partial charge in [-0.05, 0) is 30.5 Å². The Morgan fingerprint density at radius 2 is 2.15 bits per heavy atom. The number of piperidine rings is 1. The average Bonchev–Trinajstić information content (AvgIpc) is 2.48. The van der Waals surface area contributed by atoms with Gasteiger partial charge in [-0.25, -0.2) is 0 Å². The van der Waals surface area contributed by atoms with Gasteiger partial charge in [0.05, 0.1) is 18.5 Å². The maximum atomic E-state index is 12.3. The number of rotatable bonds is 4. The van der Waals surface area contributed by atoms with Crippen LogP contribution in [-0.2, 0) is 11.2 Å². The van der Waals surface area contributed by atoms with Gasteiger partial charge in [0.2, 0.25) is 5.91 Å². The number of amides is 1. The first-order valence-corrected chi connectivity index (χ1v) is 7.21. The van der Waals surface area contributed by atoms with E-state index in [0.29, 0.717) is 18.0 Å². The minimum absolute atomic E-state index is 0.135. The lowest BCUT2D eigenvalue weighted by Gasteiger charge is -2.32. The topological polar surface area (TPSA) is 55.6 Å². The normalized spacial score (nSPS) is 18.6. The van der Waals surface area contributed by atoms with Crippen molar-refractivity contribution in [1.29, 1.82) is 0 Å². The van der Waals surface area contributed by atoms with Gasteiger partial charge in [0.1, 0.15) is 5.75 Å². The van der Waals surface area contributed by atoms with Crippen molar-refractivity contribution < 1.29 is 9.53 Å².